The van der Waals surface area contributed by atoms with Crippen LogP contribution in [-0.2, 0) is 4.79 Å². The molecule has 6 nitrogen and oxygen atoms in total. The number of amides is 1. The molecule has 27 heavy (non-hydrogen) atoms. The van der Waals surface area contributed by atoms with Gasteiger partial charge in [0, 0.05) is 18.7 Å². The summed E-state index contributed by atoms with van der Waals surface area (Å²) in [5.74, 6) is 1.54. The largest absolute Gasteiger partial charge is 0.496 e. The molecule has 7 heteroatoms. The van der Waals surface area contributed by atoms with Crippen LogP contribution in [0.1, 0.15) is 37.8 Å². The van der Waals surface area contributed by atoms with E-state index in [0.29, 0.717) is 11.7 Å². The fraction of sp³-hybridized carbons (Fsp3) is 0.450. The van der Waals surface area contributed by atoms with E-state index in [1.807, 2.05) is 30.3 Å². The molecule has 1 fully saturated rings. The Balaban J connectivity index is 1.68. The highest BCUT2D eigenvalue weighted by atomic mass is 35.5. The van der Waals surface area contributed by atoms with Crippen LogP contribution in [0.3, 0.4) is 0 Å². The first-order valence-electron chi connectivity index (χ1n) is 9.29. The zero-order valence-corrected chi connectivity index (χ0v) is 16.4. The van der Waals surface area contributed by atoms with Gasteiger partial charge in [0.05, 0.1) is 19.1 Å². The SMILES string of the molecule is CCC(NC(=O)C1CCCN(c2ccc(Cl)nn2)C1)c1ccccc1OC. The molecule has 0 radical (unpaired) electrons. The van der Waals surface area contributed by atoms with Gasteiger partial charge in [0.2, 0.25) is 5.91 Å². The van der Waals surface area contributed by atoms with E-state index < -0.39 is 0 Å². The number of methoxy groups -OCH3 is 1. The van der Waals surface area contributed by atoms with Gasteiger partial charge in [-0.05, 0) is 37.5 Å². The number of halogens is 1. The van der Waals surface area contributed by atoms with E-state index >= 15 is 0 Å². The molecule has 144 valence electrons. The van der Waals surface area contributed by atoms with Crippen molar-refractivity contribution in [3.63, 3.8) is 0 Å². The summed E-state index contributed by atoms with van der Waals surface area (Å²) in [7, 11) is 1.65. The molecule has 2 unspecified atom stereocenters. The summed E-state index contributed by atoms with van der Waals surface area (Å²) >= 11 is 5.82. The Morgan fingerprint density at radius 3 is 2.85 bits per heavy atom. The number of para-hydroxylation sites is 1. The van der Waals surface area contributed by atoms with Gasteiger partial charge in [-0.15, -0.1) is 10.2 Å². The lowest BCUT2D eigenvalue weighted by molar-refractivity contribution is -0.126. The number of anilines is 1. The van der Waals surface area contributed by atoms with Crippen molar-refractivity contribution in [3.8, 4) is 5.75 Å². The van der Waals surface area contributed by atoms with Crippen molar-refractivity contribution in [2.75, 3.05) is 25.1 Å². The molecule has 0 aliphatic carbocycles. The number of ether oxygens (including phenoxy) is 1. The fourth-order valence-electron chi connectivity index (χ4n) is 3.52. The summed E-state index contributed by atoms with van der Waals surface area (Å²) in [5, 5.41) is 11.6. The summed E-state index contributed by atoms with van der Waals surface area (Å²) < 4.78 is 5.45. The molecule has 1 N–H and O–H groups in total. The van der Waals surface area contributed by atoms with Gasteiger partial charge in [0.25, 0.3) is 0 Å². The molecular weight excluding hydrogens is 364 g/mol. The second-order valence-electron chi connectivity index (χ2n) is 6.71. The van der Waals surface area contributed by atoms with Crippen LogP contribution in [0.5, 0.6) is 5.75 Å². The number of carbonyl (C=O) groups excluding carboxylic acids is 1. The normalized spacial score (nSPS) is 18.0. The Kier molecular flexibility index (Phi) is 6.50. The zero-order valence-electron chi connectivity index (χ0n) is 15.7. The summed E-state index contributed by atoms with van der Waals surface area (Å²) in [5.41, 5.74) is 1.01. The minimum absolute atomic E-state index is 0.0689. The predicted octanol–water partition coefficient (Wildman–Crippen LogP) is 3.62. The van der Waals surface area contributed by atoms with Crippen LogP contribution in [0, 0.1) is 5.92 Å². The molecule has 1 amide bonds. The van der Waals surface area contributed by atoms with Gasteiger partial charge >= 0.3 is 0 Å². The quantitative estimate of drug-likeness (QED) is 0.818. The fourth-order valence-corrected chi connectivity index (χ4v) is 3.62. The molecule has 3 rings (SSSR count). The van der Waals surface area contributed by atoms with Crippen LogP contribution in [0.4, 0.5) is 5.82 Å². The minimum Gasteiger partial charge on any atom is -0.496 e. The number of carbonyl (C=O) groups is 1. The Labute approximate surface area is 164 Å². The molecule has 0 bridgehead atoms. The Morgan fingerprint density at radius 2 is 2.15 bits per heavy atom. The lowest BCUT2D eigenvalue weighted by atomic mass is 9.95. The van der Waals surface area contributed by atoms with Crippen LogP contribution in [0.15, 0.2) is 36.4 Å². The predicted molar refractivity (Wildman–Crippen MR) is 106 cm³/mol. The average molecular weight is 389 g/mol. The van der Waals surface area contributed by atoms with Crippen molar-refractivity contribution in [2.24, 2.45) is 5.92 Å². The second-order valence-corrected chi connectivity index (χ2v) is 7.10. The van der Waals surface area contributed by atoms with E-state index in [9.17, 15) is 4.79 Å². The highest BCUT2D eigenvalue weighted by molar-refractivity contribution is 6.29. The highest BCUT2D eigenvalue weighted by Gasteiger charge is 2.28. The van der Waals surface area contributed by atoms with Gasteiger partial charge in [0.15, 0.2) is 11.0 Å². The summed E-state index contributed by atoms with van der Waals surface area (Å²) in [4.78, 5) is 15.0. The van der Waals surface area contributed by atoms with Gasteiger partial charge in [-0.2, -0.15) is 0 Å². The molecule has 1 saturated heterocycles. The number of benzene rings is 1. The number of nitrogens with zero attached hydrogens (tertiary/aromatic N) is 3. The number of aromatic nitrogens is 2. The van der Waals surface area contributed by atoms with Crippen molar-refractivity contribution < 1.29 is 9.53 Å². The smallest absolute Gasteiger partial charge is 0.225 e. The highest BCUT2D eigenvalue weighted by Crippen LogP contribution is 2.28. The number of hydrogen-bond acceptors (Lipinski definition) is 5. The monoisotopic (exact) mass is 388 g/mol. The van der Waals surface area contributed by atoms with Crippen LogP contribution in [0.2, 0.25) is 5.15 Å². The summed E-state index contributed by atoms with van der Waals surface area (Å²) in [6, 6.07) is 11.3. The second kappa shape index (κ2) is 9.04. The Morgan fingerprint density at radius 1 is 1.33 bits per heavy atom. The minimum atomic E-state index is -0.0833. The van der Waals surface area contributed by atoms with Crippen molar-refractivity contribution in [3.05, 3.63) is 47.1 Å². The van der Waals surface area contributed by atoms with Crippen LogP contribution in [0.25, 0.3) is 0 Å². The third-order valence-electron chi connectivity index (χ3n) is 4.97. The Bertz CT molecular complexity index is 769. The molecule has 1 aromatic heterocycles. The number of hydrogen-bond donors (Lipinski definition) is 1. The van der Waals surface area contributed by atoms with Crippen LogP contribution < -0.4 is 15.0 Å². The lowest BCUT2D eigenvalue weighted by Gasteiger charge is -2.33. The van der Waals surface area contributed by atoms with E-state index in [4.69, 9.17) is 16.3 Å². The standard InChI is InChI=1S/C20H25ClN4O2/c1-3-16(15-8-4-5-9-17(15)27-2)22-20(26)14-7-6-12-25(13-14)19-11-10-18(21)23-24-19/h4-5,8-11,14,16H,3,6-7,12-13H2,1-2H3,(H,22,26). The summed E-state index contributed by atoms with van der Waals surface area (Å²) in [6.45, 7) is 3.56. The van der Waals surface area contributed by atoms with Crippen LogP contribution >= 0.6 is 11.6 Å². The van der Waals surface area contributed by atoms with E-state index in [2.05, 4.69) is 27.3 Å². The van der Waals surface area contributed by atoms with Crippen LogP contribution in [-0.4, -0.2) is 36.3 Å². The first-order chi connectivity index (χ1) is 13.1. The van der Waals surface area contributed by atoms with E-state index in [0.717, 1.165) is 42.9 Å². The van der Waals surface area contributed by atoms with Gasteiger partial charge < -0.3 is 15.0 Å². The number of piperidine rings is 1. The third-order valence-corrected chi connectivity index (χ3v) is 5.17. The molecule has 0 spiro atoms. The van der Waals surface area contributed by atoms with Gasteiger partial charge in [0.1, 0.15) is 5.75 Å². The van der Waals surface area contributed by atoms with Crippen molar-refractivity contribution >= 4 is 23.3 Å². The Hall–Kier alpha value is -2.34. The maximum Gasteiger partial charge on any atom is 0.225 e. The molecular formula is C20H25ClN4O2. The lowest BCUT2D eigenvalue weighted by Crippen LogP contribution is -2.44. The van der Waals surface area contributed by atoms with Crippen molar-refractivity contribution in [1.82, 2.24) is 15.5 Å². The molecule has 1 aliphatic heterocycles. The first-order valence-corrected chi connectivity index (χ1v) is 9.67. The molecule has 2 heterocycles. The van der Waals surface area contributed by atoms with Gasteiger partial charge in [-0.25, -0.2) is 0 Å². The van der Waals surface area contributed by atoms with E-state index in [1.54, 1.807) is 13.2 Å². The van der Waals surface area contributed by atoms with Crippen molar-refractivity contribution in [2.45, 2.75) is 32.2 Å². The summed E-state index contributed by atoms with van der Waals surface area (Å²) in [6.07, 6.45) is 2.60. The van der Waals surface area contributed by atoms with Gasteiger partial charge in [-0.1, -0.05) is 36.7 Å². The molecule has 2 atom stereocenters. The molecule has 1 aromatic carbocycles. The number of nitrogens with one attached hydrogen (secondary N) is 1. The topological polar surface area (TPSA) is 67.4 Å². The maximum atomic E-state index is 12.9. The first kappa shape index (κ1) is 19.4. The third kappa shape index (κ3) is 4.69. The number of rotatable bonds is 6. The van der Waals surface area contributed by atoms with E-state index in [-0.39, 0.29) is 17.9 Å². The van der Waals surface area contributed by atoms with E-state index in [1.165, 1.54) is 0 Å². The average Bonchev–Trinajstić information content (AvgIpc) is 2.72. The van der Waals surface area contributed by atoms with Crippen molar-refractivity contribution in [1.29, 1.82) is 0 Å². The molecule has 0 saturated carbocycles. The maximum absolute atomic E-state index is 12.9. The molecule has 2 aromatic rings. The zero-order chi connectivity index (χ0) is 19.2. The van der Waals surface area contributed by atoms with Gasteiger partial charge in [-0.3, -0.25) is 4.79 Å². The molecule has 1 aliphatic rings.